The molecule has 0 radical (unpaired) electrons. The summed E-state index contributed by atoms with van der Waals surface area (Å²) < 4.78 is 0. The van der Waals surface area contributed by atoms with Gasteiger partial charge in [0.25, 0.3) is 0 Å². The minimum Gasteiger partial charge on any atom is -0.395 e. The summed E-state index contributed by atoms with van der Waals surface area (Å²) in [4.78, 5) is 3.66. The molecule has 1 rings (SSSR count). The molecule has 0 unspecified atom stereocenters. The number of rotatable bonds is 0. The number of nitrogens with zero attached hydrogens (tertiary/aromatic N) is 1. The Labute approximate surface area is 47.4 Å². The molecule has 0 atom stereocenters. The van der Waals surface area contributed by atoms with Crippen molar-refractivity contribution in [2.24, 2.45) is 10.7 Å². The highest BCUT2D eigenvalue weighted by Crippen LogP contribution is 2.03. The van der Waals surface area contributed by atoms with E-state index in [4.69, 9.17) is 11.1 Å². The molecule has 3 nitrogen and oxygen atoms in total. The van der Waals surface area contributed by atoms with E-state index in [0.717, 1.165) is 5.57 Å². The van der Waals surface area contributed by atoms with Gasteiger partial charge >= 0.3 is 0 Å². The van der Waals surface area contributed by atoms with E-state index in [-0.39, 0.29) is 5.84 Å². The molecule has 0 aromatic rings. The first-order valence-electron chi connectivity index (χ1n) is 2.31. The Balaban J connectivity index is 3.02. The van der Waals surface area contributed by atoms with Crippen LogP contribution in [0.2, 0.25) is 0 Å². The summed E-state index contributed by atoms with van der Waals surface area (Å²) in [5, 5.41) is 7.00. The monoisotopic (exact) mass is 109 g/mol. The highest BCUT2D eigenvalue weighted by molar-refractivity contribution is 6.11. The highest BCUT2D eigenvalue weighted by atomic mass is 14.9. The zero-order chi connectivity index (χ0) is 6.15. The molecule has 0 saturated carbocycles. The van der Waals surface area contributed by atoms with Crippen molar-refractivity contribution in [3.8, 4) is 0 Å². The van der Waals surface area contributed by atoms with E-state index in [9.17, 15) is 0 Å². The van der Waals surface area contributed by atoms with Crippen molar-refractivity contribution in [3.63, 3.8) is 0 Å². The number of nitrogens with one attached hydrogen (secondary N) is 1. The van der Waals surface area contributed by atoms with E-state index in [1.165, 1.54) is 0 Å². The molecule has 1 aliphatic heterocycles. The van der Waals surface area contributed by atoms with Crippen molar-refractivity contribution >= 4 is 12.1 Å². The fraction of sp³-hybridized carbons (Fsp3) is 0.200. The molecule has 0 aromatic carbocycles. The Kier molecular flexibility index (Phi) is 0.901. The number of nitrogens with two attached hydrogens (primary N) is 1. The van der Waals surface area contributed by atoms with Gasteiger partial charge in [-0.3, -0.25) is 5.41 Å². The Morgan fingerprint density at radius 1 is 1.75 bits per heavy atom. The lowest BCUT2D eigenvalue weighted by atomic mass is 10.3. The quantitative estimate of drug-likeness (QED) is 0.461. The molecule has 0 fully saturated rings. The van der Waals surface area contributed by atoms with Crippen LogP contribution in [-0.2, 0) is 0 Å². The summed E-state index contributed by atoms with van der Waals surface area (Å²) in [6.45, 7) is 1.83. The van der Waals surface area contributed by atoms with Gasteiger partial charge in [-0.1, -0.05) is 0 Å². The van der Waals surface area contributed by atoms with Crippen LogP contribution in [0.3, 0.4) is 0 Å². The SMILES string of the molecule is CC1=C(N)C(=N)N=C1. The van der Waals surface area contributed by atoms with Gasteiger partial charge in [0.05, 0.1) is 5.70 Å². The largest absolute Gasteiger partial charge is 0.395 e. The summed E-state index contributed by atoms with van der Waals surface area (Å²) in [6.07, 6.45) is 1.59. The summed E-state index contributed by atoms with van der Waals surface area (Å²) in [7, 11) is 0. The Bertz CT molecular complexity index is 184. The highest BCUT2D eigenvalue weighted by Gasteiger charge is 2.06. The molecule has 3 heteroatoms. The van der Waals surface area contributed by atoms with Crippen molar-refractivity contribution < 1.29 is 0 Å². The number of hydrogen-bond acceptors (Lipinski definition) is 2. The van der Waals surface area contributed by atoms with Gasteiger partial charge in [-0.15, -0.1) is 0 Å². The van der Waals surface area contributed by atoms with Crippen LogP contribution in [0.5, 0.6) is 0 Å². The van der Waals surface area contributed by atoms with Crippen LogP contribution in [0.25, 0.3) is 0 Å². The van der Waals surface area contributed by atoms with Crippen LogP contribution in [0, 0.1) is 5.41 Å². The Hall–Kier alpha value is -1.12. The molecule has 42 valence electrons. The van der Waals surface area contributed by atoms with Crippen molar-refractivity contribution in [2.75, 3.05) is 0 Å². The first kappa shape index (κ1) is 5.03. The van der Waals surface area contributed by atoms with Crippen molar-refractivity contribution in [3.05, 3.63) is 11.3 Å². The predicted octanol–water partition coefficient (Wildman–Crippen LogP) is 0.281. The first-order valence-corrected chi connectivity index (χ1v) is 2.31. The lowest BCUT2D eigenvalue weighted by molar-refractivity contribution is 1.35. The van der Waals surface area contributed by atoms with Crippen molar-refractivity contribution in [1.29, 1.82) is 5.41 Å². The second kappa shape index (κ2) is 1.43. The van der Waals surface area contributed by atoms with Gasteiger partial charge in [0.1, 0.15) is 0 Å². The third-order valence-corrected chi connectivity index (χ3v) is 1.07. The molecular weight excluding hydrogens is 102 g/mol. The second-order valence-corrected chi connectivity index (χ2v) is 1.70. The van der Waals surface area contributed by atoms with Crippen molar-refractivity contribution in [1.82, 2.24) is 0 Å². The summed E-state index contributed by atoms with van der Waals surface area (Å²) >= 11 is 0. The van der Waals surface area contributed by atoms with Crippen LogP contribution in [0.4, 0.5) is 0 Å². The van der Waals surface area contributed by atoms with E-state index in [1.54, 1.807) is 6.21 Å². The van der Waals surface area contributed by atoms with Crippen LogP contribution in [0.15, 0.2) is 16.3 Å². The van der Waals surface area contributed by atoms with E-state index in [0.29, 0.717) is 5.70 Å². The molecule has 0 bridgehead atoms. The van der Waals surface area contributed by atoms with Crippen LogP contribution in [0.1, 0.15) is 6.92 Å². The third kappa shape index (κ3) is 0.521. The number of hydrogen-bond donors (Lipinski definition) is 2. The summed E-state index contributed by atoms with van der Waals surface area (Å²) in [6, 6.07) is 0. The number of amidine groups is 1. The summed E-state index contributed by atoms with van der Waals surface area (Å²) in [5.41, 5.74) is 6.73. The fourth-order valence-corrected chi connectivity index (χ4v) is 0.487. The average molecular weight is 109 g/mol. The third-order valence-electron chi connectivity index (χ3n) is 1.07. The van der Waals surface area contributed by atoms with E-state index in [2.05, 4.69) is 4.99 Å². The van der Waals surface area contributed by atoms with Gasteiger partial charge in [0.15, 0.2) is 5.84 Å². The molecule has 8 heavy (non-hydrogen) atoms. The molecule has 0 aromatic heterocycles. The summed E-state index contributed by atoms with van der Waals surface area (Å²) in [5.74, 6) is 0.183. The second-order valence-electron chi connectivity index (χ2n) is 1.70. The smallest absolute Gasteiger partial charge is 0.168 e. The molecule has 3 N–H and O–H groups in total. The average Bonchev–Trinajstić information content (AvgIpc) is 1.98. The van der Waals surface area contributed by atoms with E-state index in [1.807, 2.05) is 6.92 Å². The lowest BCUT2D eigenvalue weighted by Gasteiger charge is -1.88. The number of aliphatic imine (C=N–C) groups is 1. The van der Waals surface area contributed by atoms with E-state index >= 15 is 0 Å². The van der Waals surface area contributed by atoms with Crippen LogP contribution < -0.4 is 5.73 Å². The van der Waals surface area contributed by atoms with Gasteiger partial charge in [-0.25, -0.2) is 4.99 Å². The molecule has 0 aliphatic carbocycles. The minimum absolute atomic E-state index is 0.183. The van der Waals surface area contributed by atoms with Gasteiger partial charge in [-0.05, 0) is 12.5 Å². The lowest BCUT2D eigenvalue weighted by Crippen LogP contribution is -2.04. The Morgan fingerprint density at radius 3 is 2.50 bits per heavy atom. The normalized spacial score (nSPS) is 18.4. The fourth-order valence-electron chi connectivity index (χ4n) is 0.487. The maximum absolute atomic E-state index is 7.00. The maximum atomic E-state index is 7.00. The molecule has 0 spiro atoms. The first-order chi connectivity index (χ1) is 3.72. The zero-order valence-corrected chi connectivity index (χ0v) is 4.60. The molecule has 0 saturated heterocycles. The predicted molar refractivity (Wildman–Crippen MR) is 33.1 cm³/mol. The standard InChI is InChI=1S/C5H7N3/c1-3-2-8-5(7)4(3)6/h2H,1H3,(H3,6,7,8). The van der Waals surface area contributed by atoms with Crippen LogP contribution in [-0.4, -0.2) is 12.1 Å². The molecule has 0 amide bonds. The maximum Gasteiger partial charge on any atom is 0.168 e. The topological polar surface area (TPSA) is 62.2 Å². The van der Waals surface area contributed by atoms with Gasteiger partial charge in [0, 0.05) is 6.21 Å². The zero-order valence-electron chi connectivity index (χ0n) is 4.60. The van der Waals surface area contributed by atoms with Crippen molar-refractivity contribution in [2.45, 2.75) is 6.92 Å². The van der Waals surface area contributed by atoms with Gasteiger partial charge < -0.3 is 5.73 Å². The molecule has 1 aliphatic rings. The van der Waals surface area contributed by atoms with Gasteiger partial charge in [-0.2, -0.15) is 0 Å². The molecular formula is C5H7N3. The Morgan fingerprint density at radius 2 is 2.38 bits per heavy atom. The minimum atomic E-state index is 0.183. The van der Waals surface area contributed by atoms with E-state index < -0.39 is 0 Å². The number of allylic oxidation sites excluding steroid dienone is 1. The van der Waals surface area contributed by atoms with Gasteiger partial charge in [0.2, 0.25) is 0 Å². The van der Waals surface area contributed by atoms with Crippen LogP contribution >= 0.6 is 0 Å². The molecule has 1 heterocycles.